The fourth-order valence-electron chi connectivity index (χ4n) is 4.25. The first kappa shape index (κ1) is 14.8. The highest BCUT2D eigenvalue weighted by molar-refractivity contribution is 5.83. The second kappa shape index (κ2) is 5.93. The first-order valence-corrected chi connectivity index (χ1v) is 7.94. The Labute approximate surface area is 125 Å². The average Bonchev–Trinajstić information content (AvgIpc) is 3.06. The predicted molar refractivity (Wildman–Crippen MR) is 75.8 cm³/mol. The van der Waals surface area contributed by atoms with Gasteiger partial charge in [-0.15, -0.1) is 0 Å². The Balaban J connectivity index is 1.72. The molecule has 2 saturated heterocycles. The fraction of sp³-hybridized carbons (Fsp3) is 0.867. The Kier molecular flexibility index (Phi) is 4.17. The van der Waals surface area contributed by atoms with Crippen molar-refractivity contribution in [1.82, 2.24) is 9.80 Å². The smallest absolute Gasteiger partial charge is 0.321 e. The number of carbonyl (C=O) groups excluding carboxylic acids is 1. The minimum atomic E-state index is -0.772. The van der Waals surface area contributed by atoms with Crippen molar-refractivity contribution >= 4 is 11.9 Å². The highest BCUT2D eigenvalue weighted by Crippen LogP contribution is 2.43. The van der Waals surface area contributed by atoms with Crippen molar-refractivity contribution in [2.75, 3.05) is 32.8 Å². The molecule has 118 valence electrons. The van der Waals surface area contributed by atoms with Crippen LogP contribution in [0.3, 0.4) is 0 Å². The summed E-state index contributed by atoms with van der Waals surface area (Å²) < 4.78 is 5.27. The molecule has 0 aromatic carbocycles. The van der Waals surface area contributed by atoms with E-state index < -0.39 is 12.0 Å². The van der Waals surface area contributed by atoms with Crippen LogP contribution in [0.5, 0.6) is 0 Å². The maximum Gasteiger partial charge on any atom is 0.321 e. The van der Waals surface area contributed by atoms with E-state index in [0.717, 1.165) is 25.8 Å². The van der Waals surface area contributed by atoms with Gasteiger partial charge in [-0.05, 0) is 31.6 Å². The van der Waals surface area contributed by atoms with Gasteiger partial charge in [0.2, 0.25) is 5.91 Å². The van der Waals surface area contributed by atoms with E-state index in [-0.39, 0.29) is 17.9 Å². The lowest BCUT2D eigenvalue weighted by Crippen LogP contribution is -2.54. The van der Waals surface area contributed by atoms with E-state index in [0.29, 0.717) is 32.2 Å². The number of carboxylic acids is 1. The summed E-state index contributed by atoms with van der Waals surface area (Å²) in [6.45, 7) is 4.98. The number of aliphatic carboxylic acids is 1. The van der Waals surface area contributed by atoms with Gasteiger partial charge in [-0.3, -0.25) is 14.5 Å². The quantitative estimate of drug-likeness (QED) is 0.817. The summed E-state index contributed by atoms with van der Waals surface area (Å²) in [5.41, 5.74) is 0. The molecule has 1 amide bonds. The highest BCUT2D eigenvalue weighted by atomic mass is 16.5. The minimum Gasteiger partial charge on any atom is -0.480 e. The monoisotopic (exact) mass is 296 g/mol. The Morgan fingerprint density at radius 1 is 1.24 bits per heavy atom. The molecule has 4 unspecified atom stereocenters. The fourth-order valence-corrected chi connectivity index (χ4v) is 4.25. The number of rotatable bonds is 3. The van der Waals surface area contributed by atoms with Gasteiger partial charge in [0.1, 0.15) is 6.04 Å². The summed E-state index contributed by atoms with van der Waals surface area (Å²) >= 11 is 0. The van der Waals surface area contributed by atoms with Crippen molar-refractivity contribution in [3.8, 4) is 0 Å². The Bertz CT molecular complexity index is 422. The van der Waals surface area contributed by atoms with E-state index in [1.54, 1.807) is 4.90 Å². The first-order valence-electron chi connectivity index (χ1n) is 7.94. The topological polar surface area (TPSA) is 70.1 Å². The van der Waals surface area contributed by atoms with Crippen LogP contribution in [0.25, 0.3) is 0 Å². The highest BCUT2D eigenvalue weighted by Gasteiger charge is 2.50. The molecule has 3 fully saturated rings. The lowest BCUT2D eigenvalue weighted by Gasteiger charge is -2.35. The van der Waals surface area contributed by atoms with E-state index >= 15 is 0 Å². The van der Waals surface area contributed by atoms with Crippen LogP contribution in [0.1, 0.15) is 26.2 Å². The maximum absolute atomic E-state index is 12.6. The zero-order valence-electron chi connectivity index (χ0n) is 12.5. The molecule has 0 spiro atoms. The van der Waals surface area contributed by atoms with Crippen molar-refractivity contribution in [2.45, 2.75) is 38.3 Å². The van der Waals surface area contributed by atoms with Gasteiger partial charge in [0.25, 0.3) is 0 Å². The van der Waals surface area contributed by atoms with Crippen molar-refractivity contribution in [3.63, 3.8) is 0 Å². The zero-order chi connectivity index (χ0) is 15.0. The van der Waals surface area contributed by atoms with E-state index in [4.69, 9.17) is 4.74 Å². The molecular formula is C15H24N2O4. The van der Waals surface area contributed by atoms with Crippen LogP contribution in [0.2, 0.25) is 0 Å². The van der Waals surface area contributed by atoms with Gasteiger partial charge in [-0.25, -0.2) is 0 Å². The van der Waals surface area contributed by atoms with Crippen LogP contribution in [0, 0.1) is 11.8 Å². The van der Waals surface area contributed by atoms with Crippen LogP contribution >= 0.6 is 0 Å². The van der Waals surface area contributed by atoms with Gasteiger partial charge in [0.15, 0.2) is 0 Å². The van der Waals surface area contributed by atoms with E-state index in [9.17, 15) is 14.7 Å². The average molecular weight is 296 g/mol. The van der Waals surface area contributed by atoms with Gasteiger partial charge >= 0.3 is 5.97 Å². The molecule has 0 aromatic heterocycles. The van der Waals surface area contributed by atoms with Crippen molar-refractivity contribution in [3.05, 3.63) is 0 Å². The maximum atomic E-state index is 12.6. The number of morpholine rings is 1. The molecule has 3 aliphatic rings. The van der Waals surface area contributed by atoms with Gasteiger partial charge in [-0.1, -0.05) is 6.42 Å². The Morgan fingerprint density at radius 3 is 2.62 bits per heavy atom. The van der Waals surface area contributed by atoms with Crippen LogP contribution in [0.15, 0.2) is 0 Å². The third-order valence-corrected chi connectivity index (χ3v) is 5.36. The molecule has 6 heteroatoms. The summed E-state index contributed by atoms with van der Waals surface area (Å²) in [5, 5.41) is 9.59. The minimum absolute atomic E-state index is 0.0459. The van der Waals surface area contributed by atoms with Crippen LogP contribution < -0.4 is 0 Å². The second-order valence-electron chi connectivity index (χ2n) is 6.45. The number of hydrogen-bond donors (Lipinski definition) is 1. The summed E-state index contributed by atoms with van der Waals surface area (Å²) in [4.78, 5) is 28.0. The summed E-state index contributed by atoms with van der Waals surface area (Å²) in [5.74, 6) is -0.0518. The molecule has 2 heterocycles. The van der Waals surface area contributed by atoms with E-state index in [1.165, 1.54) is 0 Å². The molecule has 4 atom stereocenters. The van der Waals surface area contributed by atoms with Gasteiger partial charge in [-0.2, -0.15) is 0 Å². The molecule has 0 aromatic rings. The number of fused-ring (bicyclic) bond motifs is 1. The number of nitrogens with zero attached hydrogens (tertiary/aromatic N) is 2. The lowest BCUT2D eigenvalue weighted by atomic mass is 9.94. The first-order chi connectivity index (χ1) is 10.1. The van der Waals surface area contributed by atoms with Gasteiger partial charge in [0.05, 0.1) is 19.3 Å². The number of amides is 1. The SMILES string of the molecule is CC(C(=O)N1CCOCC1)N1CC2CCCC2C1C(=O)O. The number of hydrogen-bond acceptors (Lipinski definition) is 4. The largest absolute Gasteiger partial charge is 0.480 e. The molecule has 21 heavy (non-hydrogen) atoms. The Hall–Kier alpha value is -1.14. The Morgan fingerprint density at radius 2 is 1.95 bits per heavy atom. The molecule has 1 saturated carbocycles. The molecule has 0 bridgehead atoms. The standard InChI is InChI=1S/C15H24N2O4/c1-10(14(18)16-5-7-21-8-6-16)17-9-11-3-2-4-12(11)13(17)15(19)20/h10-13H,2-9H2,1H3,(H,19,20). The molecule has 1 aliphatic carbocycles. The second-order valence-corrected chi connectivity index (χ2v) is 6.45. The third-order valence-electron chi connectivity index (χ3n) is 5.36. The number of likely N-dealkylation sites (tertiary alicyclic amines) is 1. The molecule has 6 nitrogen and oxygen atoms in total. The van der Waals surface area contributed by atoms with Gasteiger partial charge < -0.3 is 14.7 Å². The van der Waals surface area contributed by atoms with E-state index in [2.05, 4.69) is 0 Å². The predicted octanol–water partition coefficient (Wildman–Crippen LogP) is 0.419. The lowest BCUT2D eigenvalue weighted by molar-refractivity contribution is -0.148. The molecule has 0 radical (unpaired) electrons. The normalized spacial score (nSPS) is 34.7. The van der Waals surface area contributed by atoms with Crippen molar-refractivity contribution in [2.24, 2.45) is 11.8 Å². The number of carboxylic acid groups (broad SMARTS) is 1. The molecule has 1 N–H and O–H groups in total. The van der Waals surface area contributed by atoms with Crippen molar-refractivity contribution < 1.29 is 19.4 Å². The van der Waals surface area contributed by atoms with Gasteiger partial charge in [0, 0.05) is 19.6 Å². The van der Waals surface area contributed by atoms with Crippen LogP contribution in [0.4, 0.5) is 0 Å². The zero-order valence-corrected chi connectivity index (χ0v) is 12.5. The molecular weight excluding hydrogens is 272 g/mol. The third kappa shape index (κ3) is 2.66. The number of carbonyl (C=O) groups is 2. The summed E-state index contributed by atoms with van der Waals surface area (Å²) in [7, 11) is 0. The van der Waals surface area contributed by atoms with Crippen LogP contribution in [-0.4, -0.2) is 71.7 Å². The summed E-state index contributed by atoms with van der Waals surface area (Å²) in [6.07, 6.45) is 3.21. The molecule has 2 aliphatic heterocycles. The number of ether oxygens (including phenoxy) is 1. The van der Waals surface area contributed by atoms with Crippen LogP contribution in [-0.2, 0) is 14.3 Å². The molecule has 3 rings (SSSR count). The van der Waals surface area contributed by atoms with E-state index in [1.807, 2.05) is 11.8 Å². The summed E-state index contributed by atoms with van der Waals surface area (Å²) in [6, 6.07) is -0.840. The van der Waals surface area contributed by atoms with Crippen molar-refractivity contribution in [1.29, 1.82) is 0 Å².